The number of aromatic amines is 1. The van der Waals surface area contributed by atoms with Gasteiger partial charge in [-0.2, -0.15) is 0 Å². The van der Waals surface area contributed by atoms with Gasteiger partial charge in [-0.1, -0.05) is 6.92 Å². The van der Waals surface area contributed by atoms with E-state index in [0.717, 1.165) is 36.9 Å². The largest absolute Gasteiger partial charge is 0.374 e. The monoisotopic (exact) mass is 208 g/mol. The van der Waals surface area contributed by atoms with E-state index in [-0.39, 0.29) is 11.7 Å². The van der Waals surface area contributed by atoms with Crippen LogP contribution in [0.5, 0.6) is 0 Å². The zero-order chi connectivity index (χ0) is 10.8. The molecule has 2 rings (SSSR count). The molecule has 1 atom stereocenters. The van der Waals surface area contributed by atoms with Crippen molar-refractivity contribution >= 4 is 0 Å². The second kappa shape index (κ2) is 4.14. The Labute approximate surface area is 88.7 Å². The van der Waals surface area contributed by atoms with E-state index in [9.17, 15) is 4.79 Å². The quantitative estimate of drug-likeness (QED) is 0.815. The van der Waals surface area contributed by atoms with Gasteiger partial charge in [0.1, 0.15) is 11.9 Å². The van der Waals surface area contributed by atoms with Crippen LogP contribution in [0.1, 0.15) is 43.0 Å². The molecule has 0 saturated carbocycles. The smallest absolute Gasteiger partial charge is 0.254 e. The molecule has 0 amide bonds. The Morgan fingerprint density at radius 2 is 2.33 bits per heavy atom. The van der Waals surface area contributed by atoms with Crippen LogP contribution < -0.4 is 5.56 Å². The molecule has 0 aliphatic heterocycles. The van der Waals surface area contributed by atoms with Crippen LogP contribution in [0.4, 0.5) is 0 Å². The Balaban J connectivity index is 2.43. The molecule has 4 nitrogen and oxygen atoms in total. The molecule has 0 bridgehead atoms. The number of rotatable bonds is 3. The van der Waals surface area contributed by atoms with E-state index in [0.29, 0.717) is 5.82 Å². The van der Waals surface area contributed by atoms with Crippen molar-refractivity contribution in [2.75, 3.05) is 7.11 Å². The molecule has 82 valence electrons. The first-order valence-corrected chi connectivity index (χ1v) is 5.41. The van der Waals surface area contributed by atoms with Gasteiger partial charge < -0.3 is 9.72 Å². The first-order valence-electron chi connectivity index (χ1n) is 5.41. The van der Waals surface area contributed by atoms with E-state index in [1.807, 2.05) is 6.92 Å². The number of aryl methyl sites for hydroxylation is 1. The second-order valence-corrected chi connectivity index (χ2v) is 3.86. The average molecular weight is 208 g/mol. The number of H-pyrrole nitrogens is 1. The van der Waals surface area contributed by atoms with E-state index in [2.05, 4.69) is 9.97 Å². The molecule has 1 heterocycles. The van der Waals surface area contributed by atoms with Gasteiger partial charge in [-0.05, 0) is 25.7 Å². The molecule has 0 saturated heterocycles. The highest BCUT2D eigenvalue weighted by Crippen LogP contribution is 2.20. The minimum Gasteiger partial charge on any atom is -0.374 e. The minimum atomic E-state index is -0.0939. The van der Waals surface area contributed by atoms with Crippen molar-refractivity contribution in [3.63, 3.8) is 0 Å². The molecule has 1 aromatic heterocycles. The first-order chi connectivity index (χ1) is 7.26. The molecule has 1 aromatic rings. The fraction of sp³-hybridized carbons (Fsp3) is 0.636. The lowest BCUT2D eigenvalue weighted by Crippen LogP contribution is -2.19. The van der Waals surface area contributed by atoms with Crippen LogP contribution in [0.2, 0.25) is 0 Å². The molecule has 1 unspecified atom stereocenters. The lowest BCUT2D eigenvalue weighted by Gasteiger charge is -2.12. The summed E-state index contributed by atoms with van der Waals surface area (Å²) in [5.41, 5.74) is 1.84. The van der Waals surface area contributed by atoms with Gasteiger partial charge >= 0.3 is 0 Å². The molecular weight excluding hydrogens is 192 g/mol. The Morgan fingerprint density at radius 3 is 3.00 bits per heavy atom. The highest BCUT2D eigenvalue weighted by atomic mass is 16.5. The lowest BCUT2D eigenvalue weighted by molar-refractivity contribution is 0.0921. The molecule has 1 aliphatic rings. The maximum atomic E-state index is 11.7. The van der Waals surface area contributed by atoms with E-state index in [1.165, 1.54) is 0 Å². The summed E-state index contributed by atoms with van der Waals surface area (Å²) in [6.07, 6.45) is 3.55. The Hall–Kier alpha value is -1.16. The predicted octanol–water partition coefficient (Wildman–Crippen LogP) is 1.36. The standard InChI is InChI=1S/C11H16N2O2/c1-3-9(15-2)10-12-8-6-4-5-7(8)11(14)13-10/h9H,3-6H2,1-2H3,(H,12,13,14). The summed E-state index contributed by atoms with van der Waals surface area (Å²) in [6.45, 7) is 2.02. The number of nitrogens with one attached hydrogen (secondary N) is 1. The van der Waals surface area contributed by atoms with Crippen molar-refractivity contribution in [2.45, 2.75) is 38.7 Å². The van der Waals surface area contributed by atoms with Crippen LogP contribution in [-0.4, -0.2) is 17.1 Å². The number of aromatic nitrogens is 2. The molecular formula is C11H16N2O2. The zero-order valence-electron chi connectivity index (χ0n) is 9.17. The van der Waals surface area contributed by atoms with E-state index >= 15 is 0 Å². The van der Waals surface area contributed by atoms with Gasteiger partial charge in [-0.3, -0.25) is 4.79 Å². The SMILES string of the molecule is CCC(OC)c1nc2c(c(=O)[nH]1)CCC2. The number of fused-ring (bicyclic) bond motifs is 1. The van der Waals surface area contributed by atoms with E-state index in [4.69, 9.17) is 4.74 Å². The van der Waals surface area contributed by atoms with Gasteiger partial charge in [0.25, 0.3) is 5.56 Å². The number of ether oxygens (including phenoxy) is 1. The zero-order valence-corrected chi connectivity index (χ0v) is 9.17. The van der Waals surface area contributed by atoms with Crippen LogP contribution in [0.25, 0.3) is 0 Å². The Morgan fingerprint density at radius 1 is 1.53 bits per heavy atom. The summed E-state index contributed by atoms with van der Waals surface area (Å²) < 4.78 is 5.27. The number of methoxy groups -OCH3 is 1. The Kier molecular flexibility index (Phi) is 2.86. The number of hydrogen-bond acceptors (Lipinski definition) is 3. The van der Waals surface area contributed by atoms with Crippen LogP contribution in [0.15, 0.2) is 4.79 Å². The number of hydrogen-bond donors (Lipinski definition) is 1. The van der Waals surface area contributed by atoms with Gasteiger partial charge in [-0.15, -0.1) is 0 Å². The van der Waals surface area contributed by atoms with Gasteiger partial charge in [0.05, 0.1) is 5.69 Å². The van der Waals surface area contributed by atoms with Crippen LogP contribution in [0.3, 0.4) is 0 Å². The maximum absolute atomic E-state index is 11.7. The molecule has 0 spiro atoms. The van der Waals surface area contributed by atoms with Crippen molar-refractivity contribution in [3.8, 4) is 0 Å². The molecule has 15 heavy (non-hydrogen) atoms. The van der Waals surface area contributed by atoms with Crippen LogP contribution >= 0.6 is 0 Å². The maximum Gasteiger partial charge on any atom is 0.254 e. The first kappa shape index (κ1) is 10.4. The van der Waals surface area contributed by atoms with Gasteiger partial charge in [0.2, 0.25) is 0 Å². The van der Waals surface area contributed by atoms with Crippen molar-refractivity contribution < 1.29 is 4.74 Å². The number of nitrogens with zero attached hydrogens (tertiary/aromatic N) is 1. The minimum absolute atomic E-state index is 0.0167. The Bertz CT molecular complexity index is 408. The van der Waals surface area contributed by atoms with Crippen molar-refractivity contribution in [2.24, 2.45) is 0 Å². The summed E-state index contributed by atoms with van der Waals surface area (Å²) in [6, 6.07) is 0. The molecule has 1 N–H and O–H groups in total. The van der Waals surface area contributed by atoms with E-state index < -0.39 is 0 Å². The average Bonchev–Trinajstić information content (AvgIpc) is 2.68. The van der Waals surface area contributed by atoms with Gasteiger partial charge in [0.15, 0.2) is 0 Å². The second-order valence-electron chi connectivity index (χ2n) is 3.86. The third-order valence-corrected chi connectivity index (χ3v) is 2.92. The van der Waals surface area contributed by atoms with Gasteiger partial charge in [0, 0.05) is 12.7 Å². The highest BCUT2D eigenvalue weighted by Gasteiger charge is 2.19. The van der Waals surface area contributed by atoms with Crippen molar-refractivity contribution in [1.29, 1.82) is 0 Å². The fourth-order valence-electron chi connectivity index (χ4n) is 2.09. The summed E-state index contributed by atoms with van der Waals surface area (Å²) in [4.78, 5) is 19.0. The molecule has 1 aliphatic carbocycles. The summed E-state index contributed by atoms with van der Waals surface area (Å²) >= 11 is 0. The van der Waals surface area contributed by atoms with Crippen LogP contribution in [0, 0.1) is 0 Å². The summed E-state index contributed by atoms with van der Waals surface area (Å²) in [7, 11) is 1.64. The lowest BCUT2D eigenvalue weighted by atomic mass is 10.2. The molecule has 0 aromatic carbocycles. The topological polar surface area (TPSA) is 55.0 Å². The molecule has 0 radical (unpaired) electrons. The van der Waals surface area contributed by atoms with Crippen LogP contribution in [-0.2, 0) is 17.6 Å². The van der Waals surface area contributed by atoms with Gasteiger partial charge in [-0.25, -0.2) is 4.98 Å². The normalized spacial score (nSPS) is 16.4. The summed E-state index contributed by atoms with van der Waals surface area (Å²) in [5.74, 6) is 0.672. The fourth-order valence-corrected chi connectivity index (χ4v) is 2.09. The van der Waals surface area contributed by atoms with E-state index in [1.54, 1.807) is 7.11 Å². The van der Waals surface area contributed by atoms with Crippen molar-refractivity contribution in [1.82, 2.24) is 9.97 Å². The summed E-state index contributed by atoms with van der Waals surface area (Å²) in [5, 5.41) is 0. The third kappa shape index (κ3) is 1.81. The highest BCUT2D eigenvalue weighted by molar-refractivity contribution is 5.23. The third-order valence-electron chi connectivity index (χ3n) is 2.92. The molecule has 0 fully saturated rings. The van der Waals surface area contributed by atoms with Crippen molar-refractivity contribution in [3.05, 3.63) is 27.4 Å². The molecule has 4 heteroatoms. The predicted molar refractivity (Wildman–Crippen MR) is 56.9 cm³/mol.